The highest BCUT2D eigenvalue weighted by Gasteiger charge is 2.19. The van der Waals surface area contributed by atoms with Gasteiger partial charge in [-0.25, -0.2) is 0 Å². The van der Waals surface area contributed by atoms with Crippen molar-refractivity contribution in [2.45, 2.75) is 348 Å². The van der Waals surface area contributed by atoms with Crippen molar-refractivity contribution in [3.63, 3.8) is 0 Å². The molecule has 79 heavy (non-hydrogen) atoms. The van der Waals surface area contributed by atoms with Crippen LogP contribution in [0.2, 0.25) is 0 Å². The molecule has 0 rings (SSSR count). The van der Waals surface area contributed by atoms with Crippen LogP contribution in [0.5, 0.6) is 0 Å². The Bertz CT molecular complexity index is 1500. The Morgan fingerprint density at radius 2 is 0.519 bits per heavy atom. The molecular formula is C73H128O6. The highest BCUT2D eigenvalue weighted by atomic mass is 16.6. The highest BCUT2D eigenvalue weighted by molar-refractivity contribution is 5.71. The van der Waals surface area contributed by atoms with Crippen LogP contribution in [-0.2, 0) is 28.6 Å². The molecule has 0 heterocycles. The Morgan fingerprint density at radius 3 is 0.835 bits per heavy atom. The van der Waals surface area contributed by atoms with E-state index in [9.17, 15) is 14.4 Å². The van der Waals surface area contributed by atoms with E-state index in [-0.39, 0.29) is 31.1 Å². The van der Waals surface area contributed by atoms with Crippen LogP contribution in [0.15, 0.2) is 85.1 Å². The van der Waals surface area contributed by atoms with Gasteiger partial charge in [-0.15, -0.1) is 0 Å². The summed E-state index contributed by atoms with van der Waals surface area (Å²) >= 11 is 0. The molecule has 6 nitrogen and oxygen atoms in total. The minimum Gasteiger partial charge on any atom is -0.462 e. The van der Waals surface area contributed by atoms with Gasteiger partial charge in [0.15, 0.2) is 6.10 Å². The number of ether oxygens (including phenoxy) is 3. The van der Waals surface area contributed by atoms with Crippen molar-refractivity contribution in [2.75, 3.05) is 13.2 Å². The molecule has 0 fully saturated rings. The summed E-state index contributed by atoms with van der Waals surface area (Å²) in [5.74, 6) is -0.891. The normalized spacial score (nSPS) is 12.6. The second kappa shape index (κ2) is 67.1. The number of carbonyl (C=O) groups excluding carboxylic acids is 3. The van der Waals surface area contributed by atoms with Crippen molar-refractivity contribution in [3.05, 3.63) is 85.1 Å². The van der Waals surface area contributed by atoms with Crippen molar-refractivity contribution < 1.29 is 28.6 Å². The molecule has 0 bridgehead atoms. The fourth-order valence-electron chi connectivity index (χ4n) is 9.76. The van der Waals surface area contributed by atoms with Crippen LogP contribution < -0.4 is 0 Å². The zero-order chi connectivity index (χ0) is 57.1. The Morgan fingerprint density at radius 1 is 0.266 bits per heavy atom. The predicted molar refractivity (Wildman–Crippen MR) is 344 cm³/mol. The van der Waals surface area contributed by atoms with Crippen molar-refractivity contribution in [3.8, 4) is 0 Å². The summed E-state index contributed by atoms with van der Waals surface area (Å²) < 4.78 is 16.9. The molecule has 1 atom stereocenters. The van der Waals surface area contributed by atoms with Gasteiger partial charge in [0.2, 0.25) is 0 Å². The average molecular weight is 1100 g/mol. The highest BCUT2D eigenvalue weighted by Crippen LogP contribution is 2.17. The largest absolute Gasteiger partial charge is 0.462 e. The molecule has 0 aliphatic heterocycles. The quantitative estimate of drug-likeness (QED) is 0.0261. The van der Waals surface area contributed by atoms with Crippen LogP contribution in [0.3, 0.4) is 0 Å². The van der Waals surface area contributed by atoms with E-state index in [1.807, 2.05) is 0 Å². The van der Waals surface area contributed by atoms with Gasteiger partial charge in [0.05, 0.1) is 0 Å². The first-order valence-electron chi connectivity index (χ1n) is 34.1. The zero-order valence-corrected chi connectivity index (χ0v) is 52.4. The summed E-state index contributed by atoms with van der Waals surface area (Å²) in [6, 6.07) is 0. The van der Waals surface area contributed by atoms with Gasteiger partial charge in [0.25, 0.3) is 0 Å². The molecule has 0 amide bonds. The molecule has 1 unspecified atom stereocenters. The predicted octanol–water partition coefficient (Wildman–Crippen LogP) is 23.4. The molecule has 0 saturated heterocycles. The molecule has 0 radical (unpaired) electrons. The summed E-state index contributed by atoms with van der Waals surface area (Å²) in [6.07, 6.45) is 89.2. The first-order chi connectivity index (χ1) is 39.0. The second-order valence-corrected chi connectivity index (χ2v) is 22.7. The van der Waals surface area contributed by atoms with Crippen molar-refractivity contribution in [1.29, 1.82) is 0 Å². The third-order valence-electron chi connectivity index (χ3n) is 14.8. The van der Waals surface area contributed by atoms with Crippen LogP contribution in [0, 0.1) is 0 Å². The molecule has 0 aliphatic carbocycles. The van der Waals surface area contributed by atoms with E-state index >= 15 is 0 Å². The lowest BCUT2D eigenvalue weighted by Crippen LogP contribution is -2.30. The van der Waals surface area contributed by atoms with E-state index in [0.717, 1.165) is 122 Å². The lowest BCUT2D eigenvalue weighted by Gasteiger charge is -2.18. The summed E-state index contributed by atoms with van der Waals surface area (Å²) in [5.41, 5.74) is 0. The molecule has 0 aromatic rings. The van der Waals surface area contributed by atoms with Gasteiger partial charge < -0.3 is 14.2 Å². The third-order valence-corrected chi connectivity index (χ3v) is 14.8. The molecule has 456 valence electrons. The maximum atomic E-state index is 12.9. The topological polar surface area (TPSA) is 78.9 Å². The lowest BCUT2D eigenvalue weighted by atomic mass is 10.0. The van der Waals surface area contributed by atoms with Crippen LogP contribution in [-0.4, -0.2) is 37.2 Å². The summed E-state index contributed by atoms with van der Waals surface area (Å²) in [7, 11) is 0. The van der Waals surface area contributed by atoms with Gasteiger partial charge in [-0.2, -0.15) is 0 Å². The Hall–Kier alpha value is -3.41. The molecule has 0 saturated carbocycles. The molecule has 0 spiro atoms. The minimum atomic E-state index is -0.784. The number of hydrogen-bond acceptors (Lipinski definition) is 6. The van der Waals surface area contributed by atoms with E-state index in [1.54, 1.807) is 0 Å². The Labute approximate surface area is 490 Å². The molecular weight excluding hydrogens is 973 g/mol. The van der Waals surface area contributed by atoms with E-state index in [4.69, 9.17) is 14.2 Å². The third kappa shape index (κ3) is 65.3. The zero-order valence-electron chi connectivity index (χ0n) is 52.4. The first-order valence-corrected chi connectivity index (χ1v) is 34.1. The van der Waals surface area contributed by atoms with E-state index in [2.05, 4.69) is 106 Å². The molecule has 0 N–H and O–H groups in total. The lowest BCUT2D eigenvalue weighted by molar-refractivity contribution is -0.167. The SMILES string of the molecule is CC/C=C\C/C=C\C/C=C\C/C=C\CCCCCCCCCCCCCCCCCCCCCCCCC(=O)OCC(COC(=O)CCCCCCC/C=C\CCC)OC(=O)CCCCCCC/C=C\C/C=C\CCCCCC. The van der Waals surface area contributed by atoms with Crippen LogP contribution in [0.4, 0.5) is 0 Å². The fraction of sp³-hybridized carbons (Fsp3) is 0.767. The number of rotatable bonds is 62. The van der Waals surface area contributed by atoms with Gasteiger partial charge in [-0.3, -0.25) is 14.4 Å². The van der Waals surface area contributed by atoms with Crippen molar-refractivity contribution in [1.82, 2.24) is 0 Å². The van der Waals surface area contributed by atoms with Gasteiger partial charge >= 0.3 is 17.9 Å². The number of hydrogen-bond donors (Lipinski definition) is 0. The van der Waals surface area contributed by atoms with Gasteiger partial charge in [-0.1, -0.05) is 298 Å². The number of allylic oxidation sites excluding steroid dienone is 14. The summed E-state index contributed by atoms with van der Waals surface area (Å²) in [4.78, 5) is 38.2. The van der Waals surface area contributed by atoms with Crippen molar-refractivity contribution >= 4 is 17.9 Å². The number of esters is 3. The van der Waals surface area contributed by atoms with Crippen LogP contribution >= 0.6 is 0 Å². The van der Waals surface area contributed by atoms with E-state index < -0.39 is 6.10 Å². The monoisotopic (exact) mass is 1100 g/mol. The molecule has 6 heteroatoms. The van der Waals surface area contributed by atoms with Crippen LogP contribution in [0.25, 0.3) is 0 Å². The van der Waals surface area contributed by atoms with E-state index in [0.29, 0.717) is 19.3 Å². The molecule has 0 aliphatic rings. The van der Waals surface area contributed by atoms with Crippen LogP contribution in [0.1, 0.15) is 342 Å². The summed E-state index contributed by atoms with van der Waals surface area (Å²) in [5, 5.41) is 0. The van der Waals surface area contributed by atoms with E-state index in [1.165, 1.54) is 180 Å². The van der Waals surface area contributed by atoms with Gasteiger partial charge in [0.1, 0.15) is 13.2 Å². The Kier molecular flexibility index (Phi) is 64.2. The number of unbranched alkanes of at least 4 members (excludes halogenated alkanes) is 37. The standard InChI is InChI=1S/C73H128O6/c1-4-7-10-13-16-19-22-24-26-28-29-30-31-32-33-34-35-36-37-38-39-40-41-42-43-44-45-46-48-49-51-54-57-60-63-66-72(75)78-69-70(68-77-71(74)65-62-59-56-53-21-18-15-12-9-6-3)79-73(76)67-64-61-58-55-52-50-47-27-25-23-20-17-14-11-8-5-2/h7,10,12,15-16,19-20,23-24,26-27,29-30,47,70H,4-6,8-9,11,13-14,17-18,21-22,25,28,31-46,48-69H2,1-3H3/b10-7-,15-12-,19-16-,23-20-,26-24-,30-29-,47-27-. The fourth-order valence-corrected chi connectivity index (χ4v) is 9.76. The van der Waals surface area contributed by atoms with Crippen molar-refractivity contribution in [2.24, 2.45) is 0 Å². The van der Waals surface area contributed by atoms with Gasteiger partial charge in [0, 0.05) is 19.3 Å². The molecule has 0 aromatic carbocycles. The maximum absolute atomic E-state index is 12.9. The minimum absolute atomic E-state index is 0.0807. The second-order valence-electron chi connectivity index (χ2n) is 22.7. The smallest absolute Gasteiger partial charge is 0.306 e. The maximum Gasteiger partial charge on any atom is 0.306 e. The molecule has 0 aromatic heterocycles. The van der Waals surface area contributed by atoms with Gasteiger partial charge in [-0.05, 0) is 109 Å². The first kappa shape index (κ1) is 75.6. The average Bonchev–Trinajstić information content (AvgIpc) is 3.45. The number of carbonyl (C=O) groups is 3. The Balaban J connectivity index is 4.04. The summed E-state index contributed by atoms with van der Waals surface area (Å²) in [6.45, 7) is 6.46.